The molecule has 0 aromatic rings. The fourth-order valence-corrected chi connectivity index (χ4v) is 8.65. The smallest absolute Gasteiger partial charge is 0.174 e. The van der Waals surface area contributed by atoms with Crippen LogP contribution in [0.4, 0.5) is 0 Å². The lowest BCUT2D eigenvalue weighted by molar-refractivity contribution is -0.251. The van der Waals surface area contributed by atoms with Crippen LogP contribution in [0.25, 0.3) is 0 Å². The first-order valence-electron chi connectivity index (χ1n) is 11.5. The first kappa shape index (κ1) is 18.3. The van der Waals surface area contributed by atoms with Crippen LogP contribution in [-0.4, -0.2) is 43.8 Å². The molecule has 4 aliphatic carbocycles. The Morgan fingerprint density at radius 1 is 0.857 bits per heavy atom. The maximum Gasteiger partial charge on any atom is 0.174 e. The summed E-state index contributed by atoms with van der Waals surface area (Å²) in [6.45, 7) is 7.48. The predicted molar refractivity (Wildman–Crippen MR) is 101 cm³/mol. The fourth-order valence-electron chi connectivity index (χ4n) is 8.65. The second-order valence-electron chi connectivity index (χ2n) is 10.9. The van der Waals surface area contributed by atoms with Gasteiger partial charge < -0.3 is 18.9 Å². The highest BCUT2D eigenvalue weighted by atomic mass is 16.7. The summed E-state index contributed by atoms with van der Waals surface area (Å²) in [5.74, 6) is 1.37. The largest absolute Gasteiger partial charge is 0.348 e. The van der Waals surface area contributed by atoms with Gasteiger partial charge in [0.05, 0.1) is 26.4 Å². The number of fused-ring (bicyclic) bond motifs is 6. The lowest BCUT2D eigenvalue weighted by Gasteiger charge is -2.61. The number of ether oxygens (including phenoxy) is 4. The molecule has 28 heavy (non-hydrogen) atoms. The molecule has 5 heteroatoms. The van der Waals surface area contributed by atoms with Crippen molar-refractivity contribution in [1.82, 2.24) is 0 Å². The Balaban J connectivity index is 1.32. The molecule has 0 radical (unpaired) electrons. The molecule has 5 nitrogen and oxygen atoms in total. The normalized spacial score (nSPS) is 51.3. The van der Waals surface area contributed by atoms with E-state index in [9.17, 15) is 4.79 Å². The molecule has 6 atom stereocenters. The van der Waals surface area contributed by atoms with Crippen LogP contribution in [0.5, 0.6) is 0 Å². The van der Waals surface area contributed by atoms with Crippen molar-refractivity contribution in [3.63, 3.8) is 0 Å². The molecule has 0 bridgehead atoms. The highest BCUT2D eigenvalue weighted by Gasteiger charge is 2.70. The number of rotatable bonds is 0. The Bertz CT molecular complexity index is 678. The zero-order valence-corrected chi connectivity index (χ0v) is 17.3. The average molecular weight is 391 g/mol. The van der Waals surface area contributed by atoms with Crippen LogP contribution in [0.2, 0.25) is 0 Å². The third-order valence-corrected chi connectivity index (χ3v) is 9.97. The van der Waals surface area contributed by atoms with Crippen LogP contribution in [0.1, 0.15) is 65.2 Å². The van der Waals surface area contributed by atoms with Gasteiger partial charge in [0.25, 0.3) is 0 Å². The molecular formula is C23H34O5. The summed E-state index contributed by atoms with van der Waals surface area (Å²) in [6.07, 6.45) is 8.03. The highest BCUT2D eigenvalue weighted by Crippen LogP contribution is 2.69. The van der Waals surface area contributed by atoms with Crippen molar-refractivity contribution in [2.45, 2.75) is 76.8 Å². The number of ketones is 1. The zero-order chi connectivity index (χ0) is 19.2. The highest BCUT2D eigenvalue weighted by molar-refractivity contribution is 5.84. The van der Waals surface area contributed by atoms with E-state index in [1.807, 2.05) is 0 Å². The van der Waals surface area contributed by atoms with Crippen molar-refractivity contribution in [2.75, 3.05) is 26.4 Å². The van der Waals surface area contributed by atoms with Gasteiger partial charge in [-0.05, 0) is 48.9 Å². The third-order valence-electron chi connectivity index (χ3n) is 9.97. The quantitative estimate of drug-likeness (QED) is 0.631. The van der Waals surface area contributed by atoms with Gasteiger partial charge in [0.15, 0.2) is 11.6 Å². The van der Waals surface area contributed by atoms with Gasteiger partial charge in [-0.25, -0.2) is 0 Å². The van der Waals surface area contributed by atoms with Crippen LogP contribution < -0.4 is 0 Å². The summed E-state index contributed by atoms with van der Waals surface area (Å²) < 4.78 is 24.5. The number of carbonyl (C=O) groups excluding carboxylic acids is 1. The zero-order valence-electron chi connectivity index (χ0n) is 17.3. The minimum absolute atomic E-state index is 0.0923. The second kappa shape index (κ2) is 5.81. The van der Waals surface area contributed by atoms with Gasteiger partial charge in [-0.1, -0.05) is 13.8 Å². The summed E-state index contributed by atoms with van der Waals surface area (Å²) in [5.41, 5.74) is -0.0620. The van der Waals surface area contributed by atoms with Crippen molar-refractivity contribution in [2.24, 2.45) is 34.5 Å². The monoisotopic (exact) mass is 390 g/mol. The van der Waals surface area contributed by atoms with E-state index < -0.39 is 5.79 Å². The molecular weight excluding hydrogens is 356 g/mol. The van der Waals surface area contributed by atoms with Crippen LogP contribution in [-0.2, 0) is 23.7 Å². The van der Waals surface area contributed by atoms with Crippen LogP contribution in [0, 0.1) is 34.5 Å². The first-order valence-corrected chi connectivity index (χ1v) is 11.5. The lowest BCUT2D eigenvalue weighted by Crippen LogP contribution is -2.61. The van der Waals surface area contributed by atoms with Crippen LogP contribution in [0.3, 0.4) is 0 Å². The van der Waals surface area contributed by atoms with Gasteiger partial charge in [0, 0.05) is 37.0 Å². The Morgan fingerprint density at radius 3 is 2.32 bits per heavy atom. The van der Waals surface area contributed by atoms with E-state index in [2.05, 4.69) is 13.8 Å². The van der Waals surface area contributed by atoms with Crippen molar-refractivity contribution in [3.8, 4) is 0 Å². The van der Waals surface area contributed by atoms with Crippen LogP contribution in [0.15, 0.2) is 0 Å². The molecule has 2 heterocycles. The third kappa shape index (κ3) is 2.15. The summed E-state index contributed by atoms with van der Waals surface area (Å²) in [5, 5.41) is 0. The molecule has 156 valence electrons. The molecule has 0 N–H and O–H groups in total. The molecule has 6 unspecified atom stereocenters. The van der Waals surface area contributed by atoms with E-state index >= 15 is 0 Å². The van der Waals surface area contributed by atoms with E-state index in [0.717, 1.165) is 51.7 Å². The van der Waals surface area contributed by atoms with Gasteiger partial charge >= 0.3 is 0 Å². The molecule has 0 aromatic carbocycles. The molecule has 6 fully saturated rings. The molecule has 0 aromatic heterocycles. The summed E-state index contributed by atoms with van der Waals surface area (Å²) in [7, 11) is 0. The Hall–Kier alpha value is -0.490. The second-order valence-corrected chi connectivity index (χ2v) is 10.9. The van der Waals surface area contributed by atoms with Gasteiger partial charge in [0.1, 0.15) is 5.78 Å². The van der Waals surface area contributed by atoms with E-state index in [4.69, 9.17) is 18.9 Å². The number of hydrogen-bond donors (Lipinski definition) is 0. The number of carbonyl (C=O) groups is 1. The fraction of sp³-hybridized carbons (Fsp3) is 0.957. The van der Waals surface area contributed by atoms with Crippen molar-refractivity contribution < 1.29 is 23.7 Å². The first-order chi connectivity index (χ1) is 13.4. The topological polar surface area (TPSA) is 54.0 Å². The molecule has 6 aliphatic rings. The molecule has 4 saturated carbocycles. The average Bonchev–Trinajstić information content (AvgIpc) is 3.38. The SMILES string of the molecule is CC12CCC3(CC1CCC1C2C(=O)CC2(C)C1CCC21OCCO1)OCCO3. The summed E-state index contributed by atoms with van der Waals surface area (Å²) >= 11 is 0. The van der Waals surface area contributed by atoms with Gasteiger partial charge in [-0.3, -0.25) is 4.79 Å². The summed E-state index contributed by atoms with van der Waals surface area (Å²) in [6, 6.07) is 0. The minimum Gasteiger partial charge on any atom is -0.348 e. The van der Waals surface area contributed by atoms with E-state index in [0.29, 0.717) is 43.2 Å². The molecule has 2 saturated heterocycles. The van der Waals surface area contributed by atoms with Crippen LogP contribution >= 0.6 is 0 Å². The van der Waals surface area contributed by atoms with Crippen molar-refractivity contribution in [1.29, 1.82) is 0 Å². The lowest BCUT2D eigenvalue weighted by atomic mass is 9.44. The van der Waals surface area contributed by atoms with E-state index in [1.54, 1.807) is 0 Å². The van der Waals surface area contributed by atoms with Gasteiger partial charge in [-0.2, -0.15) is 0 Å². The maximum atomic E-state index is 13.7. The van der Waals surface area contributed by atoms with E-state index in [1.165, 1.54) is 6.42 Å². The molecule has 2 spiro atoms. The standard InChI is InChI=1S/C23H34O5/c1-20-7-8-22(25-9-10-26-22)13-15(20)3-4-16-17-5-6-23(27-11-12-28-23)21(17,2)14-18(24)19(16)20/h15-17,19H,3-14H2,1-2H3. The Morgan fingerprint density at radius 2 is 1.57 bits per heavy atom. The molecule has 6 rings (SSSR count). The Kier molecular flexibility index (Phi) is 3.79. The van der Waals surface area contributed by atoms with Crippen molar-refractivity contribution >= 4 is 5.78 Å². The number of hydrogen-bond acceptors (Lipinski definition) is 5. The number of Topliss-reactive ketones (excluding diaryl/α,β-unsaturated/α-hetero) is 1. The molecule has 2 aliphatic heterocycles. The maximum absolute atomic E-state index is 13.7. The van der Waals surface area contributed by atoms with Crippen molar-refractivity contribution in [3.05, 3.63) is 0 Å². The molecule has 0 amide bonds. The van der Waals surface area contributed by atoms with Gasteiger partial charge in [0.2, 0.25) is 0 Å². The van der Waals surface area contributed by atoms with Gasteiger partial charge in [-0.15, -0.1) is 0 Å². The minimum atomic E-state index is -0.502. The predicted octanol–water partition coefficient (Wildman–Crippen LogP) is 3.69. The van der Waals surface area contributed by atoms with E-state index in [-0.39, 0.29) is 22.5 Å². The summed E-state index contributed by atoms with van der Waals surface area (Å²) in [4.78, 5) is 13.7. The Labute approximate surface area is 167 Å².